The number of ether oxygens (including phenoxy) is 2. The first-order valence-electron chi connectivity index (χ1n) is 7.36. The van der Waals surface area contributed by atoms with Gasteiger partial charge in [0.05, 0.1) is 7.11 Å². The molecular formula is C19H19NO4. The summed E-state index contributed by atoms with van der Waals surface area (Å²) in [5.41, 5.74) is 1.20. The van der Waals surface area contributed by atoms with Gasteiger partial charge in [-0.25, -0.2) is 4.79 Å². The Balaban J connectivity index is 2.16. The molecule has 0 atom stereocenters. The molecule has 0 bridgehead atoms. The van der Waals surface area contributed by atoms with Crippen LogP contribution in [0.15, 0.2) is 54.6 Å². The molecule has 24 heavy (non-hydrogen) atoms. The topological polar surface area (TPSA) is 55.8 Å². The average Bonchev–Trinajstić information content (AvgIpc) is 2.60. The second-order valence-electron chi connectivity index (χ2n) is 5.23. The average molecular weight is 325 g/mol. The molecule has 5 heteroatoms. The quantitative estimate of drug-likeness (QED) is 0.622. The summed E-state index contributed by atoms with van der Waals surface area (Å²) in [6, 6.07) is 13.9. The molecule has 0 N–H and O–H groups in total. The van der Waals surface area contributed by atoms with Crippen LogP contribution in [-0.2, 0) is 0 Å². The molecule has 0 fully saturated rings. The zero-order chi connectivity index (χ0) is 17.5. The highest BCUT2D eigenvalue weighted by Crippen LogP contribution is 2.21. The van der Waals surface area contributed by atoms with Crippen LogP contribution in [0.1, 0.15) is 15.9 Å². The monoisotopic (exact) mass is 325 g/mol. The summed E-state index contributed by atoms with van der Waals surface area (Å²) in [6.45, 7) is 0. The summed E-state index contributed by atoms with van der Waals surface area (Å²) < 4.78 is 10.4. The van der Waals surface area contributed by atoms with Crippen molar-refractivity contribution in [1.29, 1.82) is 0 Å². The molecule has 0 aliphatic rings. The number of nitrogens with zero attached hydrogens (tertiary/aromatic N) is 1. The Hall–Kier alpha value is -3.08. The van der Waals surface area contributed by atoms with E-state index in [0.717, 1.165) is 0 Å². The molecule has 1 amide bonds. The lowest BCUT2D eigenvalue weighted by Gasteiger charge is -2.12. The van der Waals surface area contributed by atoms with Gasteiger partial charge in [-0.15, -0.1) is 0 Å². The number of para-hydroxylation sites is 1. The summed E-state index contributed by atoms with van der Waals surface area (Å²) in [4.78, 5) is 25.2. The van der Waals surface area contributed by atoms with Crippen molar-refractivity contribution in [3.8, 4) is 11.5 Å². The number of hydrogen-bond acceptors (Lipinski definition) is 4. The minimum atomic E-state index is -0.475. The van der Waals surface area contributed by atoms with Crippen molar-refractivity contribution < 1.29 is 19.1 Å². The molecule has 0 radical (unpaired) electrons. The second kappa shape index (κ2) is 7.97. The van der Waals surface area contributed by atoms with Gasteiger partial charge in [0.1, 0.15) is 11.5 Å². The van der Waals surface area contributed by atoms with Crippen molar-refractivity contribution >= 4 is 18.0 Å². The molecular weight excluding hydrogens is 306 g/mol. The lowest BCUT2D eigenvalue weighted by molar-refractivity contribution is 0.104. The van der Waals surface area contributed by atoms with Crippen LogP contribution in [0, 0.1) is 0 Å². The number of benzene rings is 2. The van der Waals surface area contributed by atoms with E-state index in [4.69, 9.17) is 9.47 Å². The first-order valence-corrected chi connectivity index (χ1v) is 7.36. The number of hydrogen-bond donors (Lipinski definition) is 0. The third-order valence-corrected chi connectivity index (χ3v) is 3.27. The fourth-order valence-electron chi connectivity index (χ4n) is 1.91. The van der Waals surface area contributed by atoms with Gasteiger partial charge in [-0.05, 0) is 42.5 Å². The minimum absolute atomic E-state index is 0.147. The van der Waals surface area contributed by atoms with Crippen LogP contribution in [0.3, 0.4) is 0 Å². The van der Waals surface area contributed by atoms with Crippen LogP contribution < -0.4 is 9.47 Å². The smallest absolute Gasteiger partial charge is 0.414 e. The normalized spacial score (nSPS) is 10.5. The number of allylic oxidation sites excluding steroid dienone is 1. The third kappa shape index (κ3) is 4.46. The largest absolute Gasteiger partial charge is 0.497 e. The van der Waals surface area contributed by atoms with E-state index in [1.807, 2.05) is 6.07 Å². The van der Waals surface area contributed by atoms with Crippen LogP contribution in [0.5, 0.6) is 11.5 Å². The van der Waals surface area contributed by atoms with Gasteiger partial charge < -0.3 is 14.4 Å². The molecule has 5 nitrogen and oxygen atoms in total. The van der Waals surface area contributed by atoms with Crippen molar-refractivity contribution in [2.75, 3.05) is 21.2 Å². The molecule has 0 spiro atoms. The van der Waals surface area contributed by atoms with E-state index in [0.29, 0.717) is 22.6 Å². The molecule has 0 aliphatic heterocycles. The molecule has 2 aromatic carbocycles. The zero-order valence-corrected chi connectivity index (χ0v) is 13.9. The summed E-state index contributed by atoms with van der Waals surface area (Å²) in [6.07, 6.45) is 2.60. The van der Waals surface area contributed by atoms with Crippen LogP contribution in [0.25, 0.3) is 6.08 Å². The van der Waals surface area contributed by atoms with Gasteiger partial charge in [0.15, 0.2) is 5.78 Å². The van der Waals surface area contributed by atoms with E-state index in [-0.39, 0.29) is 5.78 Å². The first kappa shape index (κ1) is 17.3. The van der Waals surface area contributed by atoms with Gasteiger partial charge in [-0.1, -0.05) is 18.2 Å². The van der Waals surface area contributed by atoms with E-state index in [2.05, 4.69) is 0 Å². The fourth-order valence-corrected chi connectivity index (χ4v) is 1.91. The maximum absolute atomic E-state index is 12.2. The lowest BCUT2D eigenvalue weighted by Crippen LogP contribution is -2.25. The third-order valence-electron chi connectivity index (χ3n) is 3.27. The predicted octanol–water partition coefficient (Wildman–Crippen LogP) is 3.65. The second-order valence-corrected chi connectivity index (χ2v) is 5.23. The van der Waals surface area contributed by atoms with E-state index in [1.54, 1.807) is 69.7 Å². The molecule has 0 heterocycles. The Labute approximate surface area is 141 Å². The molecule has 124 valence electrons. The molecule has 0 unspecified atom stereocenters. The Morgan fingerprint density at radius 2 is 1.67 bits per heavy atom. The van der Waals surface area contributed by atoms with Crippen LogP contribution >= 0.6 is 0 Å². The molecule has 0 aliphatic carbocycles. The highest BCUT2D eigenvalue weighted by atomic mass is 16.6. The Bertz CT molecular complexity index is 748. The van der Waals surface area contributed by atoms with Gasteiger partial charge in [0.25, 0.3) is 0 Å². The van der Waals surface area contributed by atoms with Gasteiger partial charge in [-0.3, -0.25) is 4.79 Å². The zero-order valence-electron chi connectivity index (χ0n) is 13.9. The van der Waals surface area contributed by atoms with Crippen LogP contribution in [-0.4, -0.2) is 38.0 Å². The molecule has 0 saturated heterocycles. The molecule has 0 saturated carbocycles. The highest BCUT2D eigenvalue weighted by Gasteiger charge is 2.09. The van der Waals surface area contributed by atoms with E-state index in [1.165, 1.54) is 11.0 Å². The number of amides is 1. The molecule has 2 aromatic rings. The van der Waals surface area contributed by atoms with Crippen LogP contribution in [0.4, 0.5) is 4.79 Å². The number of rotatable bonds is 5. The summed E-state index contributed by atoms with van der Waals surface area (Å²) in [7, 11) is 4.78. The molecule has 2 rings (SSSR count). The summed E-state index contributed by atoms with van der Waals surface area (Å²) in [5, 5.41) is 0. The fraction of sp³-hybridized carbons (Fsp3) is 0.158. The maximum atomic E-state index is 12.2. The number of carbonyl (C=O) groups excluding carboxylic acids is 2. The van der Waals surface area contributed by atoms with Gasteiger partial charge >= 0.3 is 6.09 Å². The Morgan fingerprint density at radius 3 is 2.29 bits per heavy atom. The van der Waals surface area contributed by atoms with Crippen LogP contribution in [0.2, 0.25) is 0 Å². The van der Waals surface area contributed by atoms with Gasteiger partial charge in [0, 0.05) is 25.2 Å². The standard InChI is InChI=1S/C19H19NO4/c1-20(2)19(22)24-18-7-5-4-6-15(18)10-13-17(21)14-8-11-16(23-3)12-9-14/h4-13H,1-3H3. The summed E-state index contributed by atoms with van der Waals surface area (Å²) in [5.74, 6) is 0.942. The molecule has 0 aromatic heterocycles. The lowest BCUT2D eigenvalue weighted by atomic mass is 10.1. The van der Waals surface area contributed by atoms with E-state index < -0.39 is 6.09 Å². The van der Waals surface area contributed by atoms with Crippen molar-refractivity contribution in [3.05, 3.63) is 65.7 Å². The van der Waals surface area contributed by atoms with Crippen molar-refractivity contribution in [1.82, 2.24) is 4.90 Å². The predicted molar refractivity (Wildman–Crippen MR) is 92.5 cm³/mol. The van der Waals surface area contributed by atoms with Crippen molar-refractivity contribution in [2.45, 2.75) is 0 Å². The maximum Gasteiger partial charge on any atom is 0.414 e. The Morgan fingerprint density at radius 1 is 1.00 bits per heavy atom. The number of ketones is 1. The minimum Gasteiger partial charge on any atom is -0.497 e. The van der Waals surface area contributed by atoms with Crippen molar-refractivity contribution in [3.63, 3.8) is 0 Å². The highest BCUT2D eigenvalue weighted by molar-refractivity contribution is 6.07. The SMILES string of the molecule is COc1ccc(C(=O)C=Cc2ccccc2OC(=O)N(C)C)cc1. The van der Waals surface area contributed by atoms with E-state index in [9.17, 15) is 9.59 Å². The number of methoxy groups -OCH3 is 1. The van der Waals surface area contributed by atoms with Gasteiger partial charge in [0.2, 0.25) is 0 Å². The first-order chi connectivity index (χ1) is 11.5. The van der Waals surface area contributed by atoms with E-state index >= 15 is 0 Å². The summed E-state index contributed by atoms with van der Waals surface area (Å²) >= 11 is 0. The van der Waals surface area contributed by atoms with Crippen molar-refractivity contribution in [2.24, 2.45) is 0 Å². The van der Waals surface area contributed by atoms with Gasteiger partial charge in [-0.2, -0.15) is 0 Å². The number of carbonyl (C=O) groups is 2. The Kier molecular flexibility index (Phi) is 5.73.